The lowest BCUT2D eigenvalue weighted by Gasteiger charge is -2.09. The lowest BCUT2D eigenvalue weighted by Crippen LogP contribution is -1.96. The Hall–Kier alpha value is -2.23. The number of nitrogens with zero attached hydrogens (tertiary/aromatic N) is 4. The number of aromatic nitrogens is 3. The fourth-order valence-electron chi connectivity index (χ4n) is 1.67. The van der Waals surface area contributed by atoms with Crippen LogP contribution in [0.3, 0.4) is 0 Å². The van der Waals surface area contributed by atoms with Crippen molar-refractivity contribution in [1.29, 1.82) is 5.26 Å². The number of nitriles is 1. The first kappa shape index (κ1) is 11.8. The van der Waals surface area contributed by atoms with Crippen LogP contribution in [0, 0.1) is 11.3 Å². The summed E-state index contributed by atoms with van der Waals surface area (Å²) in [5.74, 6) is 0. The summed E-state index contributed by atoms with van der Waals surface area (Å²) in [6.07, 6.45) is 3.14. The molecule has 5 nitrogen and oxygen atoms in total. The molecule has 0 aliphatic carbocycles. The number of hydrogen-bond acceptors (Lipinski definition) is 6. The first-order valence-corrected chi connectivity index (χ1v) is 6.42. The second-order valence-electron chi connectivity index (χ2n) is 3.71. The minimum absolute atomic E-state index is 0.492. The Morgan fingerprint density at radius 2 is 2.16 bits per heavy atom. The molecule has 1 N–H and O–H groups in total. The molecule has 0 bridgehead atoms. The Morgan fingerprint density at radius 3 is 3.00 bits per heavy atom. The zero-order chi connectivity index (χ0) is 13.2. The van der Waals surface area contributed by atoms with E-state index >= 15 is 0 Å². The maximum Gasteiger partial charge on any atom is 0.129 e. The van der Waals surface area contributed by atoms with Crippen molar-refractivity contribution in [2.75, 3.05) is 5.32 Å². The van der Waals surface area contributed by atoms with Gasteiger partial charge in [-0.05, 0) is 18.2 Å². The average Bonchev–Trinajstić information content (AvgIpc) is 2.91. The Labute approximate surface area is 117 Å². The summed E-state index contributed by atoms with van der Waals surface area (Å²) in [6, 6.07) is 7.29. The van der Waals surface area contributed by atoms with Gasteiger partial charge in [0.05, 0.1) is 39.9 Å². The fourth-order valence-corrected chi connectivity index (χ4v) is 2.41. The van der Waals surface area contributed by atoms with E-state index in [1.807, 2.05) is 0 Å². The summed E-state index contributed by atoms with van der Waals surface area (Å²) in [4.78, 5) is 4.00. The lowest BCUT2D eigenvalue weighted by molar-refractivity contribution is 1.30. The molecule has 0 amide bonds. The van der Waals surface area contributed by atoms with Crippen LogP contribution in [-0.2, 0) is 0 Å². The topological polar surface area (TPSA) is 74.5 Å². The highest BCUT2D eigenvalue weighted by atomic mass is 35.5. The molecule has 0 unspecified atom stereocenters. The van der Waals surface area contributed by atoms with Crippen LogP contribution < -0.4 is 5.32 Å². The van der Waals surface area contributed by atoms with E-state index in [9.17, 15) is 0 Å². The molecule has 0 saturated heterocycles. The zero-order valence-electron chi connectivity index (χ0n) is 9.46. The third kappa shape index (κ3) is 2.10. The molecule has 2 heterocycles. The van der Waals surface area contributed by atoms with Crippen LogP contribution >= 0.6 is 23.3 Å². The van der Waals surface area contributed by atoms with Gasteiger partial charge in [0.1, 0.15) is 17.1 Å². The standard InChI is InChI=1S/C12H6ClN5S/c13-8-1-2-9-12(18-19-17-9)11(8)16-10-6-15-4-3-7(10)5-14/h1-4,6,16H. The summed E-state index contributed by atoms with van der Waals surface area (Å²) >= 11 is 7.29. The summed E-state index contributed by atoms with van der Waals surface area (Å²) < 4.78 is 8.37. The van der Waals surface area contributed by atoms with E-state index in [-0.39, 0.29) is 0 Å². The van der Waals surface area contributed by atoms with Gasteiger partial charge < -0.3 is 5.32 Å². The maximum absolute atomic E-state index is 9.06. The molecular weight excluding hydrogens is 282 g/mol. The van der Waals surface area contributed by atoms with E-state index in [0.29, 0.717) is 27.5 Å². The molecule has 0 radical (unpaired) electrons. The van der Waals surface area contributed by atoms with Crippen molar-refractivity contribution in [1.82, 2.24) is 13.7 Å². The van der Waals surface area contributed by atoms with Gasteiger partial charge in [-0.1, -0.05) is 11.6 Å². The van der Waals surface area contributed by atoms with E-state index in [4.69, 9.17) is 16.9 Å². The summed E-state index contributed by atoms with van der Waals surface area (Å²) in [5, 5.41) is 12.7. The number of halogens is 1. The van der Waals surface area contributed by atoms with Gasteiger partial charge in [0, 0.05) is 6.20 Å². The van der Waals surface area contributed by atoms with Crippen molar-refractivity contribution in [3.05, 3.63) is 41.2 Å². The highest BCUT2D eigenvalue weighted by Gasteiger charge is 2.11. The molecule has 19 heavy (non-hydrogen) atoms. The molecule has 3 aromatic rings. The monoisotopic (exact) mass is 287 g/mol. The molecule has 92 valence electrons. The first-order valence-electron chi connectivity index (χ1n) is 5.31. The number of rotatable bonds is 2. The van der Waals surface area contributed by atoms with Crippen LogP contribution in [0.15, 0.2) is 30.6 Å². The highest BCUT2D eigenvalue weighted by molar-refractivity contribution is 7.00. The SMILES string of the molecule is N#Cc1ccncc1Nc1c(Cl)ccc2nsnc12. The Kier molecular flexibility index (Phi) is 2.99. The van der Waals surface area contributed by atoms with Crippen molar-refractivity contribution in [2.45, 2.75) is 0 Å². The lowest BCUT2D eigenvalue weighted by atomic mass is 10.2. The van der Waals surface area contributed by atoms with Crippen LogP contribution in [0.5, 0.6) is 0 Å². The predicted molar refractivity (Wildman–Crippen MR) is 74.7 cm³/mol. The molecular formula is C12H6ClN5S. The molecule has 3 rings (SSSR count). The Morgan fingerprint density at radius 1 is 1.26 bits per heavy atom. The van der Waals surface area contributed by atoms with Gasteiger partial charge in [-0.25, -0.2) is 0 Å². The van der Waals surface area contributed by atoms with Crippen LogP contribution in [0.4, 0.5) is 11.4 Å². The summed E-state index contributed by atoms with van der Waals surface area (Å²) in [6.45, 7) is 0. The minimum atomic E-state index is 0.492. The fraction of sp³-hybridized carbons (Fsp3) is 0. The van der Waals surface area contributed by atoms with E-state index in [1.165, 1.54) is 0 Å². The Bertz CT molecular complexity index is 792. The van der Waals surface area contributed by atoms with Crippen molar-refractivity contribution in [2.24, 2.45) is 0 Å². The quantitative estimate of drug-likeness (QED) is 0.782. The number of pyridine rings is 1. The first-order chi connectivity index (χ1) is 9.29. The minimum Gasteiger partial charge on any atom is -0.350 e. The number of hydrogen-bond donors (Lipinski definition) is 1. The second kappa shape index (κ2) is 4.80. The maximum atomic E-state index is 9.06. The molecule has 0 aliphatic heterocycles. The molecule has 0 aliphatic rings. The van der Waals surface area contributed by atoms with E-state index in [0.717, 1.165) is 17.2 Å². The van der Waals surface area contributed by atoms with Gasteiger partial charge in [-0.15, -0.1) is 0 Å². The van der Waals surface area contributed by atoms with E-state index in [2.05, 4.69) is 25.1 Å². The Balaban J connectivity index is 2.13. The van der Waals surface area contributed by atoms with Crippen LogP contribution in [0.1, 0.15) is 5.56 Å². The van der Waals surface area contributed by atoms with Gasteiger partial charge in [0.15, 0.2) is 0 Å². The van der Waals surface area contributed by atoms with Crippen LogP contribution in [0.2, 0.25) is 5.02 Å². The second-order valence-corrected chi connectivity index (χ2v) is 4.65. The third-order valence-electron chi connectivity index (χ3n) is 2.58. The van der Waals surface area contributed by atoms with Gasteiger partial charge in [0.25, 0.3) is 0 Å². The average molecular weight is 288 g/mol. The number of benzene rings is 1. The molecule has 7 heteroatoms. The molecule has 1 aromatic carbocycles. The van der Waals surface area contributed by atoms with Crippen molar-refractivity contribution in [3.8, 4) is 6.07 Å². The third-order valence-corrected chi connectivity index (χ3v) is 3.44. The van der Waals surface area contributed by atoms with Crippen molar-refractivity contribution >= 4 is 45.7 Å². The molecule has 2 aromatic heterocycles. The highest BCUT2D eigenvalue weighted by Crippen LogP contribution is 2.32. The van der Waals surface area contributed by atoms with E-state index in [1.54, 1.807) is 30.6 Å². The molecule has 0 fully saturated rings. The number of fused-ring (bicyclic) bond motifs is 1. The molecule has 0 atom stereocenters. The smallest absolute Gasteiger partial charge is 0.129 e. The van der Waals surface area contributed by atoms with Crippen molar-refractivity contribution < 1.29 is 0 Å². The molecule has 0 spiro atoms. The van der Waals surface area contributed by atoms with Gasteiger partial charge in [-0.3, -0.25) is 4.98 Å². The summed E-state index contributed by atoms with van der Waals surface area (Å²) in [5.41, 5.74) is 3.17. The van der Waals surface area contributed by atoms with Crippen LogP contribution in [-0.4, -0.2) is 13.7 Å². The number of anilines is 2. The van der Waals surface area contributed by atoms with Crippen molar-refractivity contribution in [3.63, 3.8) is 0 Å². The number of nitrogens with one attached hydrogen (secondary N) is 1. The normalized spacial score (nSPS) is 10.3. The summed E-state index contributed by atoms with van der Waals surface area (Å²) in [7, 11) is 0. The molecule has 0 saturated carbocycles. The van der Waals surface area contributed by atoms with Gasteiger partial charge >= 0.3 is 0 Å². The predicted octanol–water partition coefficient (Wildman–Crippen LogP) is 3.35. The van der Waals surface area contributed by atoms with Gasteiger partial charge in [-0.2, -0.15) is 14.0 Å². The van der Waals surface area contributed by atoms with Gasteiger partial charge in [0.2, 0.25) is 0 Å². The van der Waals surface area contributed by atoms with Crippen LogP contribution in [0.25, 0.3) is 11.0 Å². The largest absolute Gasteiger partial charge is 0.350 e. The zero-order valence-corrected chi connectivity index (χ0v) is 11.0. The van der Waals surface area contributed by atoms with E-state index < -0.39 is 0 Å².